The summed E-state index contributed by atoms with van der Waals surface area (Å²) in [5.41, 5.74) is 2.17. The fourth-order valence-electron chi connectivity index (χ4n) is 2.25. The number of aromatic nitrogens is 1. The molecule has 0 aliphatic carbocycles. The lowest BCUT2D eigenvalue weighted by Crippen LogP contribution is -1.99. The van der Waals surface area contributed by atoms with Crippen molar-refractivity contribution in [1.82, 2.24) is 4.98 Å². The third kappa shape index (κ3) is 4.75. The number of pyridine rings is 1. The van der Waals surface area contributed by atoms with E-state index in [0.29, 0.717) is 23.3 Å². The Kier molecular flexibility index (Phi) is 6.06. The molecule has 0 fully saturated rings. The molecule has 0 bridgehead atoms. The van der Waals surface area contributed by atoms with Crippen molar-refractivity contribution in [2.45, 2.75) is 45.6 Å². The van der Waals surface area contributed by atoms with Gasteiger partial charge in [0.15, 0.2) is 0 Å². The SMILES string of the molecule is CCCCC(C)c1ccc(OCc2ccccn2)c(Cl)c1. The molecular weight excluding hydrogens is 282 g/mol. The van der Waals surface area contributed by atoms with Crippen LogP contribution in [0.25, 0.3) is 0 Å². The molecule has 0 N–H and O–H groups in total. The van der Waals surface area contributed by atoms with E-state index >= 15 is 0 Å². The monoisotopic (exact) mass is 303 g/mol. The average molecular weight is 304 g/mol. The third-order valence-corrected chi connectivity index (χ3v) is 3.91. The standard InChI is InChI=1S/C18H22ClNO/c1-3-4-7-14(2)15-9-10-18(17(19)12-15)21-13-16-8-5-6-11-20-16/h5-6,8-12,14H,3-4,7,13H2,1-2H3. The van der Waals surface area contributed by atoms with E-state index < -0.39 is 0 Å². The molecule has 0 saturated carbocycles. The molecule has 0 saturated heterocycles. The molecule has 0 aliphatic heterocycles. The average Bonchev–Trinajstić information content (AvgIpc) is 2.52. The fourth-order valence-corrected chi connectivity index (χ4v) is 2.50. The lowest BCUT2D eigenvalue weighted by atomic mass is 9.95. The Hall–Kier alpha value is -1.54. The zero-order valence-electron chi connectivity index (χ0n) is 12.7. The maximum absolute atomic E-state index is 6.33. The number of nitrogens with zero attached hydrogens (tertiary/aromatic N) is 1. The summed E-state index contributed by atoms with van der Waals surface area (Å²) in [6.07, 6.45) is 5.43. The summed E-state index contributed by atoms with van der Waals surface area (Å²) in [6.45, 7) is 4.90. The van der Waals surface area contributed by atoms with Crippen LogP contribution in [0.15, 0.2) is 42.6 Å². The molecule has 0 spiro atoms. The lowest BCUT2D eigenvalue weighted by molar-refractivity contribution is 0.301. The van der Waals surface area contributed by atoms with Crippen LogP contribution in [0.5, 0.6) is 5.75 Å². The number of halogens is 1. The fraction of sp³-hybridized carbons (Fsp3) is 0.389. The highest BCUT2D eigenvalue weighted by molar-refractivity contribution is 6.32. The summed E-state index contributed by atoms with van der Waals surface area (Å²) in [5.74, 6) is 1.25. The highest BCUT2D eigenvalue weighted by atomic mass is 35.5. The minimum Gasteiger partial charge on any atom is -0.486 e. The Morgan fingerprint density at radius 3 is 2.76 bits per heavy atom. The van der Waals surface area contributed by atoms with Crippen molar-refractivity contribution < 1.29 is 4.74 Å². The Morgan fingerprint density at radius 2 is 2.10 bits per heavy atom. The van der Waals surface area contributed by atoms with Crippen molar-refractivity contribution >= 4 is 11.6 Å². The molecule has 3 heteroatoms. The van der Waals surface area contributed by atoms with E-state index in [1.165, 1.54) is 24.8 Å². The van der Waals surface area contributed by atoms with Crippen molar-refractivity contribution in [3.63, 3.8) is 0 Å². The minimum absolute atomic E-state index is 0.436. The summed E-state index contributed by atoms with van der Waals surface area (Å²) >= 11 is 6.33. The molecule has 21 heavy (non-hydrogen) atoms. The van der Waals surface area contributed by atoms with Gasteiger partial charge in [-0.05, 0) is 42.2 Å². The van der Waals surface area contributed by atoms with E-state index in [2.05, 4.69) is 24.9 Å². The summed E-state index contributed by atoms with van der Waals surface area (Å²) in [6, 6.07) is 11.9. The molecule has 1 aromatic heterocycles. The third-order valence-electron chi connectivity index (χ3n) is 3.62. The van der Waals surface area contributed by atoms with Crippen LogP contribution < -0.4 is 4.74 Å². The molecule has 1 unspecified atom stereocenters. The maximum Gasteiger partial charge on any atom is 0.138 e. The van der Waals surface area contributed by atoms with Gasteiger partial charge in [0.05, 0.1) is 10.7 Å². The van der Waals surface area contributed by atoms with Gasteiger partial charge in [-0.25, -0.2) is 0 Å². The van der Waals surface area contributed by atoms with Crippen LogP contribution in [0.4, 0.5) is 0 Å². The van der Waals surface area contributed by atoms with E-state index in [-0.39, 0.29) is 0 Å². The summed E-state index contributed by atoms with van der Waals surface area (Å²) in [7, 11) is 0. The van der Waals surface area contributed by atoms with Gasteiger partial charge in [0.1, 0.15) is 12.4 Å². The van der Waals surface area contributed by atoms with E-state index in [4.69, 9.17) is 16.3 Å². The smallest absolute Gasteiger partial charge is 0.138 e. The van der Waals surface area contributed by atoms with Crippen molar-refractivity contribution in [3.05, 3.63) is 58.9 Å². The first-order valence-corrected chi connectivity index (χ1v) is 7.90. The second-order valence-electron chi connectivity index (χ2n) is 5.34. The summed E-state index contributed by atoms with van der Waals surface area (Å²) < 4.78 is 5.74. The molecule has 1 heterocycles. The summed E-state index contributed by atoms with van der Waals surface area (Å²) in [5, 5.41) is 0.673. The maximum atomic E-state index is 6.33. The number of ether oxygens (including phenoxy) is 1. The first kappa shape index (κ1) is 15.8. The predicted molar refractivity (Wildman–Crippen MR) is 88.0 cm³/mol. The Bertz CT molecular complexity index is 556. The van der Waals surface area contributed by atoms with Gasteiger partial charge < -0.3 is 4.74 Å². The normalized spacial score (nSPS) is 12.1. The number of hydrogen-bond donors (Lipinski definition) is 0. The van der Waals surface area contributed by atoms with Crippen LogP contribution in [0.2, 0.25) is 5.02 Å². The van der Waals surface area contributed by atoms with Crippen LogP contribution in [0.3, 0.4) is 0 Å². The lowest BCUT2D eigenvalue weighted by Gasteiger charge is -2.14. The molecule has 2 aromatic rings. The first-order valence-electron chi connectivity index (χ1n) is 7.53. The van der Waals surface area contributed by atoms with Gasteiger partial charge in [-0.1, -0.05) is 50.4 Å². The van der Waals surface area contributed by atoms with Crippen LogP contribution in [0, 0.1) is 0 Å². The van der Waals surface area contributed by atoms with Gasteiger partial charge >= 0.3 is 0 Å². The molecular formula is C18H22ClNO. The largest absolute Gasteiger partial charge is 0.486 e. The zero-order chi connectivity index (χ0) is 15.1. The van der Waals surface area contributed by atoms with Gasteiger partial charge in [-0.15, -0.1) is 0 Å². The van der Waals surface area contributed by atoms with Crippen molar-refractivity contribution in [2.75, 3.05) is 0 Å². The van der Waals surface area contributed by atoms with Crippen molar-refractivity contribution in [2.24, 2.45) is 0 Å². The van der Waals surface area contributed by atoms with Crippen LogP contribution >= 0.6 is 11.6 Å². The molecule has 2 rings (SSSR count). The number of benzene rings is 1. The van der Waals surface area contributed by atoms with Crippen LogP contribution in [-0.2, 0) is 6.61 Å². The highest BCUT2D eigenvalue weighted by Crippen LogP contribution is 2.30. The van der Waals surface area contributed by atoms with E-state index in [1.807, 2.05) is 30.3 Å². The Morgan fingerprint density at radius 1 is 1.24 bits per heavy atom. The van der Waals surface area contributed by atoms with E-state index in [1.54, 1.807) is 6.20 Å². The van der Waals surface area contributed by atoms with Crippen molar-refractivity contribution in [1.29, 1.82) is 0 Å². The number of unbranched alkanes of at least 4 members (excludes halogenated alkanes) is 1. The molecule has 0 amide bonds. The molecule has 2 nitrogen and oxygen atoms in total. The first-order chi connectivity index (χ1) is 10.2. The number of rotatable bonds is 7. The molecule has 0 radical (unpaired) electrons. The minimum atomic E-state index is 0.436. The van der Waals surface area contributed by atoms with Gasteiger partial charge in [0.2, 0.25) is 0 Å². The van der Waals surface area contributed by atoms with Crippen LogP contribution in [-0.4, -0.2) is 4.98 Å². The van der Waals surface area contributed by atoms with Gasteiger partial charge in [0.25, 0.3) is 0 Å². The predicted octanol–water partition coefficient (Wildman–Crippen LogP) is 5.61. The quantitative estimate of drug-likeness (QED) is 0.663. The Labute approximate surface area is 132 Å². The second kappa shape index (κ2) is 8.04. The zero-order valence-corrected chi connectivity index (χ0v) is 13.4. The number of hydrogen-bond acceptors (Lipinski definition) is 2. The highest BCUT2D eigenvalue weighted by Gasteiger charge is 2.09. The van der Waals surface area contributed by atoms with Crippen LogP contribution in [0.1, 0.15) is 50.3 Å². The Balaban J connectivity index is 1.99. The van der Waals surface area contributed by atoms with E-state index in [9.17, 15) is 0 Å². The second-order valence-corrected chi connectivity index (χ2v) is 5.75. The molecule has 1 aromatic carbocycles. The molecule has 0 aliphatic rings. The van der Waals surface area contributed by atoms with Crippen molar-refractivity contribution in [3.8, 4) is 5.75 Å². The molecule has 1 atom stereocenters. The van der Waals surface area contributed by atoms with E-state index in [0.717, 1.165) is 5.69 Å². The van der Waals surface area contributed by atoms with Gasteiger partial charge in [-0.2, -0.15) is 0 Å². The topological polar surface area (TPSA) is 22.1 Å². The van der Waals surface area contributed by atoms with Gasteiger partial charge in [-0.3, -0.25) is 4.98 Å². The van der Waals surface area contributed by atoms with Gasteiger partial charge in [0, 0.05) is 6.20 Å². The molecule has 112 valence electrons. The summed E-state index contributed by atoms with van der Waals surface area (Å²) in [4.78, 5) is 4.23.